The Hall–Kier alpha value is -0.290. The third-order valence-electron chi connectivity index (χ3n) is 2.80. The molecule has 2 aromatic rings. The van der Waals surface area contributed by atoms with Gasteiger partial charge in [-0.15, -0.1) is 0 Å². The van der Waals surface area contributed by atoms with Crippen LogP contribution < -0.4 is 0 Å². The van der Waals surface area contributed by atoms with Crippen molar-refractivity contribution >= 4 is 51.3 Å². The van der Waals surface area contributed by atoms with Crippen LogP contribution in [0.4, 0.5) is 0 Å². The van der Waals surface area contributed by atoms with Gasteiger partial charge in [0.1, 0.15) is 0 Å². The molecule has 0 atom stereocenters. The number of rotatable bonds is 1. The summed E-state index contributed by atoms with van der Waals surface area (Å²) >= 11 is 21.2. The summed E-state index contributed by atoms with van der Waals surface area (Å²) < 4.78 is 3.29. The molecule has 0 amide bonds. The van der Waals surface area contributed by atoms with Gasteiger partial charge in [-0.3, -0.25) is 4.57 Å². The van der Waals surface area contributed by atoms with E-state index in [-0.39, 0.29) is 5.41 Å². The highest BCUT2D eigenvalue weighted by molar-refractivity contribution is 9.10. The molecule has 2 rings (SSSR count). The molecule has 2 nitrogen and oxygen atoms in total. The second-order valence-corrected chi connectivity index (χ2v) is 7.26. The highest BCUT2D eigenvalue weighted by Gasteiger charge is 2.22. The lowest BCUT2D eigenvalue weighted by atomic mass is 9.92. The van der Waals surface area contributed by atoms with Crippen LogP contribution in [0.5, 0.6) is 0 Å². The Labute approximate surface area is 135 Å². The number of H-pyrrole nitrogens is 1. The van der Waals surface area contributed by atoms with Crippen LogP contribution in [0.2, 0.25) is 10.0 Å². The first-order valence-corrected chi connectivity index (χ1v) is 7.64. The molecule has 0 unspecified atom stereocenters. The molecule has 0 spiro atoms. The van der Waals surface area contributed by atoms with Gasteiger partial charge in [0.2, 0.25) is 0 Å². The third kappa shape index (κ3) is 2.77. The fourth-order valence-corrected chi connectivity index (χ4v) is 2.96. The van der Waals surface area contributed by atoms with E-state index < -0.39 is 0 Å². The van der Waals surface area contributed by atoms with Gasteiger partial charge in [-0.25, -0.2) is 0 Å². The Morgan fingerprint density at radius 1 is 1.21 bits per heavy atom. The molecule has 0 saturated carbocycles. The maximum atomic E-state index is 6.34. The molecular weight excluding hydrogens is 367 g/mol. The molecule has 0 fully saturated rings. The zero-order valence-corrected chi connectivity index (χ0v) is 14.6. The quantitative estimate of drug-likeness (QED) is 0.483. The summed E-state index contributed by atoms with van der Waals surface area (Å²) in [5.41, 5.74) is 1.78. The summed E-state index contributed by atoms with van der Waals surface area (Å²) in [5, 5.41) is 0.972. The van der Waals surface area contributed by atoms with E-state index in [2.05, 4.69) is 41.7 Å². The number of imidazole rings is 1. The van der Waals surface area contributed by atoms with Crippen molar-refractivity contribution in [1.82, 2.24) is 9.55 Å². The number of benzene rings is 1. The van der Waals surface area contributed by atoms with Crippen molar-refractivity contribution in [1.29, 1.82) is 0 Å². The first-order chi connectivity index (χ1) is 8.73. The minimum atomic E-state index is -0.0591. The van der Waals surface area contributed by atoms with Crippen LogP contribution in [0.3, 0.4) is 0 Å². The summed E-state index contributed by atoms with van der Waals surface area (Å²) in [6.07, 6.45) is 1.91. The highest BCUT2D eigenvalue weighted by Crippen LogP contribution is 2.36. The zero-order valence-electron chi connectivity index (χ0n) is 10.7. The largest absolute Gasteiger partial charge is 0.337 e. The topological polar surface area (TPSA) is 20.7 Å². The lowest BCUT2D eigenvalue weighted by molar-refractivity contribution is 0.556. The van der Waals surface area contributed by atoms with E-state index in [4.69, 9.17) is 35.4 Å². The Balaban J connectivity index is 2.77. The third-order valence-corrected chi connectivity index (χ3v) is 4.86. The summed E-state index contributed by atoms with van der Waals surface area (Å²) in [7, 11) is 0. The molecule has 19 heavy (non-hydrogen) atoms. The monoisotopic (exact) mass is 378 g/mol. The van der Waals surface area contributed by atoms with E-state index >= 15 is 0 Å². The molecule has 0 bridgehead atoms. The van der Waals surface area contributed by atoms with Crippen LogP contribution in [-0.2, 0) is 5.41 Å². The first-order valence-electron chi connectivity index (χ1n) is 5.68. The van der Waals surface area contributed by atoms with Crippen molar-refractivity contribution in [3.8, 4) is 5.69 Å². The Morgan fingerprint density at radius 3 is 2.42 bits per heavy atom. The van der Waals surface area contributed by atoms with Crippen LogP contribution in [0, 0.1) is 4.77 Å². The van der Waals surface area contributed by atoms with Crippen LogP contribution in [-0.4, -0.2) is 9.55 Å². The van der Waals surface area contributed by atoms with Gasteiger partial charge in [-0.2, -0.15) is 0 Å². The van der Waals surface area contributed by atoms with Crippen molar-refractivity contribution in [3.05, 3.63) is 43.3 Å². The average molecular weight is 380 g/mol. The van der Waals surface area contributed by atoms with Crippen molar-refractivity contribution in [2.75, 3.05) is 0 Å². The smallest absolute Gasteiger partial charge is 0.182 e. The first kappa shape index (κ1) is 15.1. The highest BCUT2D eigenvalue weighted by atomic mass is 79.9. The molecular formula is C13H13BrCl2N2S. The van der Waals surface area contributed by atoms with Gasteiger partial charge in [-0.05, 0) is 40.3 Å². The maximum Gasteiger partial charge on any atom is 0.182 e. The van der Waals surface area contributed by atoms with Gasteiger partial charge in [0.05, 0.1) is 15.7 Å². The van der Waals surface area contributed by atoms with E-state index in [9.17, 15) is 0 Å². The molecule has 1 aromatic carbocycles. The summed E-state index contributed by atoms with van der Waals surface area (Å²) in [4.78, 5) is 3.07. The van der Waals surface area contributed by atoms with E-state index in [0.29, 0.717) is 14.8 Å². The normalized spacial score (nSPS) is 11.9. The number of halogens is 3. The fraction of sp³-hybridized carbons (Fsp3) is 0.308. The van der Waals surface area contributed by atoms with Gasteiger partial charge < -0.3 is 4.98 Å². The number of aromatic nitrogens is 2. The van der Waals surface area contributed by atoms with Crippen LogP contribution in [0.1, 0.15) is 26.5 Å². The predicted octanol–water partition coefficient (Wildman–Crippen LogP) is 5.90. The Morgan fingerprint density at radius 2 is 1.84 bits per heavy atom. The molecule has 0 saturated heterocycles. The van der Waals surface area contributed by atoms with Gasteiger partial charge in [0.15, 0.2) is 4.77 Å². The molecule has 1 aromatic heterocycles. The van der Waals surface area contributed by atoms with Crippen molar-refractivity contribution in [3.63, 3.8) is 0 Å². The molecule has 0 aliphatic carbocycles. The standard InChI is InChI=1S/C13H13BrCl2N2S/c1-13(2,3)9-6-17-12(19)18(9)8-5-4-7(14)10(15)11(8)16/h4-6H,1-3H3,(H,17,19). The molecule has 0 aliphatic heterocycles. The minimum absolute atomic E-state index is 0.0591. The number of aromatic amines is 1. The van der Waals surface area contributed by atoms with Crippen molar-refractivity contribution in [2.45, 2.75) is 26.2 Å². The molecule has 6 heteroatoms. The van der Waals surface area contributed by atoms with E-state index in [0.717, 1.165) is 15.9 Å². The second kappa shape index (κ2) is 5.24. The number of nitrogens with zero attached hydrogens (tertiary/aromatic N) is 1. The maximum absolute atomic E-state index is 6.34. The molecule has 0 radical (unpaired) electrons. The zero-order chi connectivity index (χ0) is 14.4. The molecule has 102 valence electrons. The summed E-state index contributed by atoms with van der Waals surface area (Å²) in [6.45, 7) is 6.36. The van der Waals surface area contributed by atoms with Crippen LogP contribution in [0.25, 0.3) is 5.69 Å². The summed E-state index contributed by atoms with van der Waals surface area (Å²) in [6, 6.07) is 3.77. The summed E-state index contributed by atoms with van der Waals surface area (Å²) in [5.74, 6) is 0. The number of hydrogen-bond acceptors (Lipinski definition) is 1. The van der Waals surface area contributed by atoms with Gasteiger partial charge in [0, 0.05) is 21.8 Å². The van der Waals surface area contributed by atoms with Crippen LogP contribution >= 0.6 is 51.3 Å². The van der Waals surface area contributed by atoms with Gasteiger partial charge >= 0.3 is 0 Å². The van der Waals surface area contributed by atoms with Crippen LogP contribution in [0.15, 0.2) is 22.8 Å². The SMILES string of the molecule is CC(C)(C)c1c[nH]c(=S)n1-c1ccc(Br)c(Cl)c1Cl. The lowest BCUT2D eigenvalue weighted by Gasteiger charge is -2.21. The average Bonchev–Trinajstić information content (AvgIpc) is 2.68. The Bertz CT molecular complexity index is 683. The second-order valence-electron chi connectivity index (χ2n) is 5.26. The van der Waals surface area contributed by atoms with Gasteiger partial charge in [0.25, 0.3) is 0 Å². The van der Waals surface area contributed by atoms with Crippen molar-refractivity contribution in [2.24, 2.45) is 0 Å². The van der Waals surface area contributed by atoms with E-state index in [1.54, 1.807) is 0 Å². The van der Waals surface area contributed by atoms with Gasteiger partial charge in [-0.1, -0.05) is 44.0 Å². The molecule has 1 heterocycles. The Kier molecular flexibility index (Phi) is 4.17. The lowest BCUT2D eigenvalue weighted by Crippen LogP contribution is -2.17. The number of nitrogens with one attached hydrogen (secondary N) is 1. The predicted molar refractivity (Wildman–Crippen MR) is 87.4 cm³/mol. The minimum Gasteiger partial charge on any atom is -0.337 e. The fourth-order valence-electron chi connectivity index (χ4n) is 1.85. The van der Waals surface area contributed by atoms with E-state index in [1.807, 2.05) is 22.9 Å². The number of hydrogen-bond donors (Lipinski definition) is 1. The van der Waals surface area contributed by atoms with Crippen molar-refractivity contribution < 1.29 is 0 Å². The molecule has 0 aliphatic rings. The van der Waals surface area contributed by atoms with E-state index in [1.165, 1.54) is 0 Å². The molecule has 1 N–H and O–H groups in total.